The summed E-state index contributed by atoms with van der Waals surface area (Å²) in [6, 6.07) is 0. The van der Waals surface area contributed by atoms with Gasteiger partial charge in [-0.3, -0.25) is 9.59 Å². The lowest BCUT2D eigenvalue weighted by Gasteiger charge is -2.33. The van der Waals surface area contributed by atoms with Gasteiger partial charge in [-0.2, -0.15) is 0 Å². The molecule has 0 aromatic rings. The summed E-state index contributed by atoms with van der Waals surface area (Å²) in [5, 5.41) is 17.9. The molecular formula is C10H15NO5. The summed E-state index contributed by atoms with van der Waals surface area (Å²) >= 11 is 0. The van der Waals surface area contributed by atoms with E-state index in [9.17, 15) is 9.59 Å². The zero-order valence-electron chi connectivity index (χ0n) is 8.89. The van der Waals surface area contributed by atoms with E-state index in [1.807, 2.05) is 0 Å². The zero-order chi connectivity index (χ0) is 11.8. The number of carbonyl (C=O) groups excluding carboxylic acids is 1. The molecule has 2 rings (SSSR count). The van der Waals surface area contributed by atoms with Crippen LogP contribution in [0.2, 0.25) is 0 Å². The smallest absolute Gasteiger partial charge is 0.319 e. The highest BCUT2D eigenvalue weighted by molar-refractivity contribution is 6.04. The molecule has 1 atom stereocenters. The van der Waals surface area contributed by atoms with Crippen LogP contribution >= 0.6 is 0 Å². The molecule has 1 amide bonds. The third kappa shape index (κ3) is 1.78. The number of carboxylic acids is 1. The number of hydrogen-bond acceptors (Lipinski definition) is 4. The number of rotatable bonds is 3. The van der Waals surface area contributed by atoms with Crippen molar-refractivity contribution >= 4 is 11.9 Å². The number of aliphatic hydroxyl groups is 1. The second-order valence-electron chi connectivity index (χ2n) is 4.31. The maximum absolute atomic E-state index is 12.0. The Bertz CT molecular complexity index is 312. The predicted octanol–water partition coefficient (Wildman–Crippen LogP) is -0.929. The average Bonchev–Trinajstić information content (AvgIpc) is 3.09. The first-order valence-electron chi connectivity index (χ1n) is 5.35. The number of morpholine rings is 1. The highest BCUT2D eigenvalue weighted by atomic mass is 16.5. The maximum Gasteiger partial charge on any atom is 0.319 e. The molecule has 0 spiro atoms. The quantitative estimate of drug-likeness (QED) is 0.610. The Morgan fingerprint density at radius 2 is 2.12 bits per heavy atom. The first kappa shape index (κ1) is 11.3. The van der Waals surface area contributed by atoms with E-state index in [-0.39, 0.29) is 25.2 Å². The van der Waals surface area contributed by atoms with Crippen LogP contribution in [-0.2, 0) is 14.3 Å². The second kappa shape index (κ2) is 4.03. The van der Waals surface area contributed by atoms with Gasteiger partial charge in [-0.05, 0) is 12.8 Å². The molecule has 0 bridgehead atoms. The largest absolute Gasteiger partial charge is 0.480 e. The Hall–Kier alpha value is -1.14. The van der Waals surface area contributed by atoms with Crippen molar-refractivity contribution in [3.63, 3.8) is 0 Å². The fourth-order valence-electron chi connectivity index (χ4n) is 1.96. The average molecular weight is 229 g/mol. The van der Waals surface area contributed by atoms with Gasteiger partial charge in [-0.15, -0.1) is 0 Å². The number of amides is 1. The van der Waals surface area contributed by atoms with Crippen LogP contribution in [0.1, 0.15) is 12.8 Å². The molecule has 6 nitrogen and oxygen atoms in total. The fraction of sp³-hybridized carbons (Fsp3) is 0.800. The number of hydrogen-bond donors (Lipinski definition) is 2. The SMILES string of the molecule is O=C(O)C1(C(=O)N2CCOC(CO)C2)CC1. The predicted molar refractivity (Wildman–Crippen MR) is 52.7 cm³/mol. The Labute approximate surface area is 92.8 Å². The van der Waals surface area contributed by atoms with Crippen LogP contribution in [0.15, 0.2) is 0 Å². The lowest BCUT2D eigenvalue weighted by molar-refractivity contribution is -0.157. The summed E-state index contributed by atoms with van der Waals surface area (Å²) in [6.07, 6.45) is 0.451. The van der Waals surface area contributed by atoms with Gasteiger partial charge < -0.3 is 19.8 Å². The van der Waals surface area contributed by atoms with Gasteiger partial charge in [0.25, 0.3) is 0 Å². The van der Waals surface area contributed by atoms with E-state index in [4.69, 9.17) is 14.9 Å². The minimum Gasteiger partial charge on any atom is -0.480 e. The van der Waals surface area contributed by atoms with Crippen LogP contribution in [0, 0.1) is 5.41 Å². The maximum atomic E-state index is 12.0. The lowest BCUT2D eigenvalue weighted by atomic mass is 10.1. The summed E-state index contributed by atoms with van der Waals surface area (Å²) in [5.74, 6) is -1.37. The van der Waals surface area contributed by atoms with E-state index in [2.05, 4.69) is 0 Å². The summed E-state index contributed by atoms with van der Waals surface area (Å²) in [5.41, 5.74) is -1.18. The van der Waals surface area contributed by atoms with Crippen LogP contribution in [0.5, 0.6) is 0 Å². The molecule has 1 unspecified atom stereocenters. The van der Waals surface area contributed by atoms with E-state index in [0.29, 0.717) is 26.0 Å². The number of nitrogens with zero attached hydrogens (tertiary/aromatic N) is 1. The monoisotopic (exact) mass is 229 g/mol. The molecule has 0 radical (unpaired) electrons. The van der Waals surface area contributed by atoms with Crippen LogP contribution in [0.3, 0.4) is 0 Å². The van der Waals surface area contributed by atoms with Gasteiger partial charge in [0, 0.05) is 13.1 Å². The van der Waals surface area contributed by atoms with E-state index in [0.717, 1.165) is 0 Å². The minimum absolute atomic E-state index is 0.149. The normalized spacial score (nSPS) is 27.6. The molecule has 1 saturated carbocycles. The number of carboxylic acid groups (broad SMARTS) is 1. The minimum atomic E-state index is -1.18. The second-order valence-corrected chi connectivity index (χ2v) is 4.31. The van der Waals surface area contributed by atoms with E-state index >= 15 is 0 Å². The van der Waals surface area contributed by atoms with Crippen molar-refractivity contribution in [1.82, 2.24) is 4.90 Å². The van der Waals surface area contributed by atoms with Crippen molar-refractivity contribution < 1.29 is 24.5 Å². The summed E-state index contributed by atoms with van der Waals surface area (Å²) in [7, 11) is 0. The molecule has 90 valence electrons. The van der Waals surface area contributed by atoms with Gasteiger partial charge in [-0.1, -0.05) is 0 Å². The third-order valence-corrected chi connectivity index (χ3v) is 3.20. The van der Waals surface area contributed by atoms with Crippen molar-refractivity contribution in [2.24, 2.45) is 5.41 Å². The van der Waals surface area contributed by atoms with Crippen LogP contribution in [-0.4, -0.2) is 59.4 Å². The molecule has 2 aliphatic rings. The molecule has 1 aliphatic heterocycles. The van der Waals surface area contributed by atoms with E-state index in [1.54, 1.807) is 0 Å². The third-order valence-electron chi connectivity index (χ3n) is 3.20. The molecule has 2 N–H and O–H groups in total. The standard InChI is InChI=1S/C10H15NO5/c12-6-7-5-11(3-4-16-7)8(13)10(1-2-10)9(14)15/h7,12H,1-6H2,(H,14,15). The van der Waals surface area contributed by atoms with Crippen molar-refractivity contribution in [2.75, 3.05) is 26.3 Å². The van der Waals surface area contributed by atoms with Gasteiger partial charge in [0.05, 0.1) is 19.3 Å². The van der Waals surface area contributed by atoms with Gasteiger partial charge in [0.15, 0.2) is 0 Å². The number of carbonyl (C=O) groups is 2. The molecule has 1 aliphatic carbocycles. The van der Waals surface area contributed by atoms with E-state index < -0.39 is 11.4 Å². The van der Waals surface area contributed by atoms with Crippen molar-refractivity contribution in [3.05, 3.63) is 0 Å². The van der Waals surface area contributed by atoms with Crippen LogP contribution < -0.4 is 0 Å². The van der Waals surface area contributed by atoms with Gasteiger partial charge >= 0.3 is 5.97 Å². The highest BCUT2D eigenvalue weighted by Gasteiger charge is 2.58. The molecule has 1 saturated heterocycles. The van der Waals surface area contributed by atoms with Crippen molar-refractivity contribution in [1.29, 1.82) is 0 Å². The Morgan fingerprint density at radius 3 is 2.62 bits per heavy atom. The van der Waals surface area contributed by atoms with Gasteiger partial charge in [0.1, 0.15) is 5.41 Å². The van der Waals surface area contributed by atoms with Crippen molar-refractivity contribution in [2.45, 2.75) is 18.9 Å². The first-order chi connectivity index (χ1) is 7.60. The molecule has 2 fully saturated rings. The lowest BCUT2D eigenvalue weighted by Crippen LogP contribution is -2.50. The highest BCUT2D eigenvalue weighted by Crippen LogP contribution is 2.47. The molecule has 1 heterocycles. The number of aliphatic hydroxyl groups excluding tert-OH is 1. The topological polar surface area (TPSA) is 87.1 Å². The Morgan fingerprint density at radius 1 is 1.44 bits per heavy atom. The van der Waals surface area contributed by atoms with Crippen molar-refractivity contribution in [3.8, 4) is 0 Å². The number of aliphatic carboxylic acids is 1. The summed E-state index contributed by atoms with van der Waals surface area (Å²) in [4.78, 5) is 24.5. The van der Waals surface area contributed by atoms with Gasteiger partial charge in [0.2, 0.25) is 5.91 Å². The summed E-state index contributed by atoms with van der Waals surface area (Å²) in [6.45, 7) is 0.894. The molecule has 0 aromatic heterocycles. The molecule has 0 aromatic carbocycles. The van der Waals surface area contributed by atoms with Gasteiger partial charge in [-0.25, -0.2) is 0 Å². The summed E-state index contributed by atoms with van der Waals surface area (Å²) < 4.78 is 5.21. The first-order valence-corrected chi connectivity index (χ1v) is 5.35. The Kier molecular flexibility index (Phi) is 2.86. The molecule has 16 heavy (non-hydrogen) atoms. The zero-order valence-corrected chi connectivity index (χ0v) is 8.89. The molecule has 6 heteroatoms. The van der Waals surface area contributed by atoms with Crippen LogP contribution in [0.25, 0.3) is 0 Å². The van der Waals surface area contributed by atoms with E-state index in [1.165, 1.54) is 4.90 Å². The Balaban J connectivity index is 2.02. The molecular weight excluding hydrogens is 214 g/mol. The number of ether oxygens (including phenoxy) is 1. The van der Waals surface area contributed by atoms with Crippen LogP contribution in [0.4, 0.5) is 0 Å². The fourth-order valence-corrected chi connectivity index (χ4v) is 1.96.